The van der Waals surface area contributed by atoms with E-state index in [0.29, 0.717) is 12.0 Å². The van der Waals surface area contributed by atoms with Crippen molar-refractivity contribution in [2.24, 2.45) is 0 Å². The Bertz CT molecular complexity index is 1190. The molecular formula is C24H21N3O4. The molecule has 3 aromatic rings. The number of non-ortho nitro benzene ring substituents is 1. The molecule has 0 radical (unpaired) electrons. The molecule has 0 spiro atoms. The normalized spacial score (nSPS) is 11.4. The highest BCUT2D eigenvalue weighted by molar-refractivity contribution is 5.64. The molecule has 1 aliphatic heterocycles. The van der Waals surface area contributed by atoms with Gasteiger partial charge in [-0.15, -0.1) is 0 Å². The van der Waals surface area contributed by atoms with Crippen molar-refractivity contribution in [1.29, 1.82) is 0 Å². The summed E-state index contributed by atoms with van der Waals surface area (Å²) < 4.78 is 0. The van der Waals surface area contributed by atoms with Gasteiger partial charge in [0.05, 0.1) is 21.6 Å². The molecule has 0 amide bonds. The van der Waals surface area contributed by atoms with E-state index in [1.54, 1.807) is 6.92 Å². The number of anilines is 1. The SMILES string of the molecule is CCc1ccc([N+](=O)[O-])cc1[N+](=O)[O-].CN1Cc2ccccc2C#Cc2ccccc21. The molecule has 4 rings (SSSR count). The topological polar surface area (TPSA) is 89.5 Å². The van der Waals surface area contributed by atoms with Crippen LogP contribution in [0.15, 0.2) is 66.7 Å². The second-order valence-corrected chi connectivity index (χ2v) is 6.96. The maximum atomic E-state index is 10.5. The monoisotopic (exact) mass is 415 g/mol. The van der Waals surface area contributed by atoms with E-state index in [2.05, 4.69) is 60.2 Å². The molecule has 0 N–H and O–H groups in total. The fourth-order valence-corrected chi connectivity index (χ4v) is 3.30. The first-order valence-corrected chi connectivity index (χ1v) is 9.72. The third-order valence-corrected chi connectivity index (χ3v) is 4.93. The smallest absolute Gasteiger partial charge is 0.279 e. The van der Waals surface area contributed by atoms with Crippen molar-refractivity contribution in [2.75, 3.05) is 11.9 Å². The van der Waals surface area contributed by atoms with Crippen molar-refractivity contribution in [2.45, 2.75) is 19.9 Å². The Morgan fingerprint density at radius 1 is 0.903 bits per heavy atom. The van der Waals surface area contributed by atoms with E-state index in [1.807, 2.05) is 12.1 Å². The Morgan fingerprint density at radius 2 is 1.55 bits per heavy atom. The number of para-hydroxylation sites is 1. The first-order valence-electron chi connectivity index (χ1n) is 9.72. The summed E-state index contributed by atoms with van der Waals surface area (Å²) in [6.45, 7) is 2.66. The number of rotatable bonds is 3. The third kappa shape index (κ3) is 5.06. The van der Waals surface area contributed by atoms with Crippen LogP contribution in [-0.2, 0) is 13.0 Å². The minimum Gasteiger partial charge on any atom is -0.369 e. The van der Waals surface area contributed by atoms with Gasteiger partial charge in [0.15, 0.2) is 0 Å². The Kier molecular flexibility index (Phi) is 6.63. The first kappa shape index (κ1) is 21.5. The standard InChI is InChI=1S/C16H13N.C8H8N2O4/c1-17-12-15-8-3-2-6-13(15)10-11-14-7-4-5-9-16(14)17;1-2-6-3-4-7(9(11)12)5-8(6)10(13)14/h2-9H,12H2,1H3;3-5H,2H2,1H3. The van der Waals surface area contributed by atoms with Crippen LogP contribution in [0.1, 0.15) is 29.2 Å². The third-order valence-electron chi connectivity index (χ3n) is 4.93. The van der Waals surface area contributed by atoms with Gasteiger partial charge in [-0.05, 0) is 36.2 Å². The van der Waals surface area contributed by atoms with E-state index in [4.69, 9.17) is 0 Å². The molecule has 0 aromatic heterocycles. The van der Waals surface area contributed by atoms with E-state index in [0.717, 1.165) is 23.7 Å². The number of fused-ring (bicyclic) bond motifs is 2. The summed E-state index contributed by atoms with van der Waals surface area (Å²) in [5.74, 6) is 6.53. The lowest BCUT2D eigenvalue weighted by Crippen LogP contribution is -2.19. The van der Waals surface area contributed by atoms with Crippen LogP contribution in [0.3, 0.4) is 0 Å². The van der Waals surface area contributed by atoms with Gasteiger partial charge in [0, 0.05) is 36.3 Å². The maximum absolute atomic E-state index is 10.5. The molecule has 1 aliphatic rings. The maximum Gasteiger partial charge on any atom is 0.279 e. The van der Waals surface area contributed by atoms with Crippen LogP contribution in [0.4, 0.5) is 17.1 Å². The second-order valence-electron chi connectivity index (χ2n) is 6.96. The van der Waals surface area contributed by atoms with Crippen molar-refractivity contribution >= 4 is 17.1 Å². The zero-order valence-corrected chi connectivity index (χ0v) is 17.2. The number of aryl methyl sites for hydroxylation is 1. The summed E-state index contributed by atoms with van der Waals surface area (Å²) in [6, 6.07) is 20.3. The summed E-state index contributed by atoms with van der Waals surface area (Å²) in [6.07, 6.45) is 0.480. The molecule has 7 heteroatoms. The average molecular weight is 415 g/mol. The average Bonchev–Trinajstić information content (AvgIpc) is 2.77. The molecule has 0 atom stereocenters. The molecule has 1 heterocycles. The van der Waals surface area contributed by atoms with Crippen LogP contribution < -0.4 is 4.90 Å². The van der Waals surface area contributed by atoms with E-state index in [1.165, 1.54) is 23.4 Å². The van der Waals surface area contributed by atoms with Crippen LogP contribution in [0.25, 0.3) is 0 Å². The summed E-state index contributed by atoms with van der Waals surface area (Å²) in [7, 11) is 2.11. The van der Waals surface area contributed by atoms with Crippen LogP contribution in [-0.4, -0.2) is 16.9 Å². The largest absolute Gasteiger partial charge is 0.369 e. The molecule has 7 nitrogen and oxygen atoms in total. The number of nitrogens with zero attached hydrogens (tertiary/aromatic N) is 3. The molecule has 3 aromatic carbocycles. The molecule has 0 bridgehead atoms. The fraction of sp³-hybridized carbons (Fsp3) is 0.167. The van der Waals surface area contributed by atoms with Crippen LogP contribution in [0.2, 0.25) is 0 Å². The zero-order chi connectivity index (χ0) is 22.4. The number of nitro groups is 2. The van der Waals surface area contributed by atoms with Gasteiger partial charge in [-0.2, -0.15) is 0 Å². The molecular weight excluding hydrogens is 394 g/mol. The van der Waals surface area contributed by atoms with Gasteiger partial charge in [0.2, 0.25) is 0 Å². The Morgan fingerprint density at radius 3 is 2.23 bits per heavy atom. The Hall–Kier alpha value is -4.18. The van der Waals surface area contributed by atoms with Gasteiger partial charge >= 0.3 is 0 Å². The van der Waals surface area contributed by atoms with Gasteiger partial charge in [0.1, 0.15) is 0 Å². The van der Waals surface area contributed by atoms with Crippen molar-refractivity contribution in [1.82, 2.24) is 0 Å². The molecule has 31 heavy (non-hydrogen) atoms. The zero-order valence-electron chi connectivity index (χ0n) is 17.2. The van der Waals surface area contributed by atoms with E-state index < -0.39 is 9.85 Å². The first-order chi connectivity index (χ1) is 14.9. The van der Waals surface area contributed by atoms with Crippen LogP contribution in [0, 0.1) is 32.1 Å². The molecule has 0 fully saturated rings. The Labute approximate surface area is 180 Å². The number of benzene rings is 3. The molecule has 0 unspecified atom stereocenters. The highest BCUT2D eigenvalue weighted by atomic mass is 16.6. The predicted octanol–water partition coefficient (Wildman–Crippen LogP) is 5.10. The van der Waals surface area contributed by atoms with Crippen molar-refractivity contribution in [3.05, 3.63) is 109 Å². The molecule has 156 valence electrons. The predicted molar refractivity (Wildman–Crippen MR) is 120 cm³/mol. The Balaban J connectivity index is 0.000000180. The fourth-order valence-electron chi connectivity index (χ4n) is 3.30. The minimum atomic E-state index is -0.646. The van der Waals surface area contributed by atoms with Gasteiger partial charge in [-0.25, -0.2) is 0 Å². The van der Waals surface area contributed by atoms with Gasteiger partial charge in [0.25, 0.3) is 11.4 Å². The summed E-state index contributed by atoms with van der Waals surface area (Å²) in [5.41, 5.74) is 4.78. The lowest BCUT2D eigenvalue weighted by Gasteiger charge is -2.22. The molecule has 0 saturated heterocycles. The second kappa shape index (κ2) is 9.55. The highest BCUT2D eigenvalue weighted by Crippen LogP contribution is 2.25. The quantitative estimate of drug-likeness (QED) is 0.337. The number of nitro benzene ring substituents is 2. The summed E-state index contributed by atoms with van der Waals surface area (Å²) in [5, 5.41) is 20.9. The highest BCUT2D eigenvalue weighted by Gasteiger charge is 2.17. The van der Waals surface area contributed by atoms with E-state index in [9.17, 15) is 20.2 Å². The van der Waals surface area contributed by atoms with Crippen LogP contribution >= 0.6 is 0 Å². The van der Waals surface area contributed by atoms with Crippen molar-refractivity contribution in [3.63, 3.8) is 0 Å². The van der Waals surface area contributed by atoms with Crippen molar-refractivity contribution in [3.8, 4) is 11.8 Å². The van der Waals surface area contributed by atoms with Gasteiger partial charge in [-0.1, -0.05) is 49.1 Å². The van der Waals surface area contributed by atoms with E-state index >= 15 is 0 Å². The molecule has 0 aliphatic carbocycles. The lowest BCUT2D eigenvalue weighted by molar-refractivity contribution is -0.394. The van der Waals surface area contributed by atoms with E-state index in [-0.39, 0.29) is 11.4 Å². The number of hydrogen-bond donors (Lipinski definition) is 0. The van der Waals surface area contributed by atoms with Gasteiger partial charge in [-0.3, -0.25) is 20.2 Å². The summed E-state index contributed by atoms with van der Waals surface area (Å²) in [4.78, 5) is 21.9. The lowest BCUT2D eigenvalue weighted by atomic mass is 10.0. The minimum absolute atomic E-state index is 0.193. The summed E-state index contributed by atoms with van der Waals surface area (Å²) >= 11 is 0. The van der Waals surface area contributed by atoms with Gasteiger partial charge < -0.3 is 4.90 Å². The molecule has 0 saturated carbocycles. The number of hydrogen-bond acceptors (Lipinski definition) is 5. The van der Waals surface area contributed by atoms with Crippen LogP contribution in [0.5, 0.6) is 0 Å². The van der Waals surface area contributed by atoms with Crippen molar-refractivity contribution < 1.29 is 9.85 Å².